The number of ether oxygens (including phenoxy) is 1. The van der Waals surface area contributed by atoms with E-state index in [9.17, 15) is 9.90 Å². The number of carbonyl (C=O) groups is 1. The highest BCUT2D eigenvalue weighted by Gasteiger charge is 2.35. The Morgan fingerprint density at radius 1 is 1.26 bits per heavy atom. The molecule has 2 rings (SSSR count). The lowest BCUT2D eigenvalue weighted by Gasteiger charge is -2.33. The zero-order valence-electron chi connectivity index (χ0n) is 14.0. The third-order valence-electron chi connectivity index (χ3n) is 3.48. The molecule has 0 radical (unpaired) electrons. The molecule has 23 heavy (non-hydrogen) atoms. The van der Waals surface area contributed by atoms with Crippen LogP contribution in [0.5, 0.6) is 0 Å². The van der Waals surface area contributed by atoms with Gasteiger partial charge in [-0.15, -0.1) is 0 Å². The number of esters is 1. The monoisotopic (exact) mass is 320 g/mol. The molecule has 1 heterocycles. The lowest BCUT2D eigenvalue weighted by molar-refractivity contribution is -0.158. The van der Waals surface area contributed by atoms with Gasteiger partial charge in [0.15, 0.2) is 0 Å². The van der Waals surface area contributed by atoms with Gasteiger partial charge in [0, 0.05) is 6.32 Å². The summed E-state index contributed by atoms with van der Waals surface area (Å²) in [7, 11) is -0.462. The van der Waals surface area contributed by atoms with Crippen LogP contribution in [0.4, 0.5) is 0 Å². The van der Waals surface area contributed by atoms with Crippen LogP contribution in [0.15, 0.2) is 30.3 Å². The van der Waals surface area contributed by atoms with E-state index in [0.717, 1.165) is 5.56 Å². The van der Waals surface area contributed by atoms with E-state index < -0.39 is 12.7 Å². The summed E-state index contributed by atoms with van der Waals surface area (Å²) in [6.07, 6.45) is 0.625. The summed E-state index contributed by atoms with van der Waals surface area (Å²) < 4.78 is 16.9. The molecule has 1 aliphatic rings. The number of benzene rings is 1. The quantitative estimate of drug-likeness (QED) is 0.665. The molecule has 1 fully saturated rings. The second kappa shape index (κ2) is 7.95. The van der Waals surface area contributed by atoms with Crippen molar-refractivity contribution in [2.75, 3.05) is 6.61 Å². The molecule has 0 spiro atoms. The summed E-state index contributed by atoms with van der Waals surface area (Å²) >= 11 is 0. The molecule has 0 aromatic heterocycles. The molecule has 0 saturated carbocycles. The molecule has 126 valence electrons. The van der Waals surface area contributed by atoms with Crippen LogP contribution in [-0.2, 0) is 25.2 Å². The average Bonchev–Trinajstić information content (AvgIpc) is 2.45. The van der Waals surface area contributed by atoms with Crippen molar-refractivity contribution in [3.05, 3.63) is 35.9 Å². The number of carbonyl (C=O) groups excluding carboxylic acids is 1. The van der Waals surface area contributed by atoms with Crippen LogP contribution in [0.1, 0.15) is 39.2 Å². The Kier molecular flexibility index (Phi) is 6.21. The van der Waals surface area contributed by atoms with Crippen LogP contribution < -0.4 is 0 Å². The predicted octanol–water partition coefficient (Wildman–Crippen LogP) is 2.15. The molecule has 1 aliphatic heterocycles. The second-order valence-electron chi connectivity index (χ2n) is 6.84. The van der Waals surface area contributed by atoms with Crippen LogP contribution in [-0.4, -0.2) is 42.6 Å². The fourth-order valence-electron chi connectivity index (χ4n) is 2.59. The fraction of sp³-hybridized carbons (Fsp3) is 0.588. The highest BCUT2D eigenvalue weighted by atomic mass is 16.6. The fourth-order valence-corrected chi connectivity index (χ4v) is 2.59. The Morgan fingerprint density at radius 3 is 2.52 bits per heavy atom. The Hall–Kier alpha value is -1.37. The van der Waals surface area contributed by atoms with Crippen LogP contribution in [0, 0.1) is 0 Å². The molecule has 1 N–H and O–H groups in total. The first-order chi connectivity index (χ1) is 10.9. The van der Waals surface area contributed by atoms with E-state index in [1.54, 1.807) is 0 Å². The van der Waals surface area contributed by atoms with Gasteiger partial charge in [-0.1, -0.05) is 35.9 Å². The number of hydrogen-bond acceptors (Lipinski definition) is 5. The highest BCUT2D eigenvalue weighted by molar-refractivity contribution is 6.44. The van der Waals surface area contributed by atoms with Crippen molar-refractivity contribution in [2.45, 2.75) is 57.7 Å². The molecular formula is C17H25BO5. The second-order valence-corrected chi connectivity index (χ2v) is 6.84. The molecular weight excluding hydrogens is 295 g/mol. The molecule has 6 heteroatoms. The van der Waals surface area contributed by atoms with Crippen LogP contribution in [0.25, 0.3) is 0 Å². The number of aliphatic hydroxyl groups is 1. The maximum absolute atomic E-state index is 12.0. The topological polar surface area (TPSA) is 65.0 Å². The van der Waals surface area contributed by atoms with E-state index in [4.69, 9.17) is 14.0 Å². The van der Waals surface area contributed by atoms with Gasteiger partial charge in [0.25, 0.3) is 0 Å². The van der Waals surface area contributed by atoms with Gasteiger partial charge in [0.2, 0.25) is 0 Å². The SMILES string of the molecule is CC(C)(C)OC(=O)C[C@H]1C[C@@H](CO)OB(Cc2ccccc2)O1. The van der Waals surface area contributed by atoms with Crippen LogP contribution in [0.2, 0.25) is 0 Å². The molecule has 0 unspecified atom stereocenters. The molecule has 1 aromatic rings. The van der Waals surface area contributed by atoms with Crippen molar-refractivity contribution < 1.29 is 23.9 Å². The Bertz CT molecular complexity index is 499. The smallest absolute Gasteiger partial charge is 0.460 e. The summed E-state index contributed by atoms with van der Waals surface area (Å²) in [5.74, 6) is -0.292. The van der Waals surface area contributed by atoms with Crippen LogP contribution in [0.3, 0.4) is 0 Å². The molecule has 2 atom stereocenters. The molecule has 1 aromatic carbocycles. The zero-order chi connectivity index (χ0) is 16.9. The summed E-state index contributed by atoms with van der Waals surface area (Å²) in [6.45, 7) is 5.43. The molecule has 1 saturated heterocycles. The largest absolute Gasteiger partial charge is 0.461 e. The van der Waals surface area contributed by atoms with Crippen molar-refractivity contribution >= 4 is 13.1 Å². The summed E-state index contributed by atoms with van der Waals surface area (Å²) in [6, 6.07) is 9.87. The average molecular weight is 320 g/mol. The van der Waals surface area contributed by atoms with Crippen molar-refractivity contribution in [3.63, 3.8) is 0 Å². The lowest BCUT2D eigenvalue weighted by Crippen LogP contribution is -2.45. The van der Waals surface area contributed by atoms with Gasteiger partial charge in [-0.2, -0.15) is 0 Å². The van der Waals surface area contributed by atoms with Gasteiger partial charge in [0.05, 0.1) is 25.2 Å². The third kappa shape index (κ3) is 6.33. The summed E-state index contributed by atoms with van der Waals surface area (Å²) in [5.41, 5.74) is 0.578. The number of rotatable bonds is 5. The standard InChI is InChI=1S/C17H25BO5/c1-17(2,3)21-16(20)10-14-9-15(12-19)23-18(22-14)11-13-7-5-4-6-8-13/h4-8,14-15,19H,9-12H2,1-3H3/t14-,15+/m1/s1. The minimum absolute atomic E-state index is 0.0839. The van der Waals surface area contributed by atoms with E-state index >= 15 is 0 Å². The van der Waals surface area contributed by atoms with Crippen LogP contribution >= 0.6 is 0 Å². The summed E-state index contributed by atoms with van der Waals surface area (Å²) in [5, 5.41) is 9.42. The van der Waals surface area contributed by atoms with Crippen molar-refractivity contribution in [3.8, 4) is 0 Å². The highest BCUT2D eigenvalue weighted by Crippen LogP contribution is 2.22. The maximum Gasteiger partial charge on any atom is 0.461 e. The van der Waals surface area contributed by atoms with E-state index in [2.05, 4.69) is 0 Å². The van der Waals surface area contributed by atoms with E-state index in [-0.39, 0.29) is 31.2 Å². The van der Waals surface area contributed by atoms with Gasteiger partial charge >= 0.3 is 13.1 Å². The molecule has 5 nitrogen and oxygen atoms in total. The predicted molar refractivity (Wildman–Crippen MR) is 87.8 cm³/mol. The Balaban J connectivity index is 1.93. The van der Waals surface area contributed by atoms with Gasteiger partial charge in [-0.3, -0.25) is 4.79 Å². The molecule has 0 aliphatic carbocycles. The third-order valence-corrected chi connectivity index (χ3v) is 3.48. The van der Waals surface area contributed by atoms with E-state index in [1.165, 1.54) is 0 Å². The number of hydrogen-bond donors (Lipinski definition) is 1. The minimum Gasteiger partial charge on any atom is -0.460 e. The Labute approximate surface area is 138 Å². The Morgan fingerprint density at radius 2 is 1.91 bits per heavy atom. The number of aliphatic hydroxyl groups excluding tert-OH is 1. The van der Waals surface area contributed by atoms with E-state index in [1.807, 2.05) is 51.1 Å². The molecule has 0 amide bonds. The molecule has 0 bridgehead atoms. The lowest BCUT2D eigenvalue weighted by atomic mass is 9.78. The minimum atomic E-state index is -0.512. The van der Waals surface area contributed by atoms with E-state index in [0.29, 0.717) is 12.7 Å². The van der Waals surface area contributed by atoms with Gasteiger partial charge in [0.1, 0.15) is 5.60 Å². The van der Waals surface area contributed by atoms with Gasteiger partial charge < -0.3 is 19.2 Å². The van der Waals surface area contributed by atoms with Crippen molar-refractivity contribution in [2.24, 2.45) is 0 Å². The first kappa shape index (κ1) is 18.0. The summed E-state index contributed by atoms with van der Waals surface area (Å²) in [4.78, 5) is 12.0. The normalized spacial score (nSPS) is 22.0. The first-order valence-corrected chi connectivity index (χ1v) is 8.03. The van der Waals surface area contributed by atoms with Gasteiger partial charge in [-0.25, -0.2) is 0 Å². The van der Waals surface area contributed by atoms with Crippen molar-refractivity contribution in [1.82, 2.24) is 0 Å². The first-order valence-electron chi connectivity index (χ1n) is 8.03. The zero-order valence-corrected chi connectivity index (χ0v) is 14.0. The van der Waals surface area contributed by atoms with Crippen molar-refractivity contribution in [1.29, 1.82) is 0 Å². The van der Waals surface area contributed by atoms with Gasteiger partial charge in [-0.05, 0) is 27.2 Å². The maximum atomic E-state index is 12.0.